The summed E-state index contributed by atoms with van der Waals surface area (Å²) in [5.74, 6) is -2.37. The Hall–Kier alpha value is -6.25. The normalized spacial score (nSPS) is 24.9. The molecule has 5 heterocycles. The molecule has 0 radical (unpaired) electrons. The van der Waals surface area contributed by atoms with Gasteiger partial charge >= 0.3 is 6.09 Å². The molecular formula is C55H57F2N7O5. The number of ether oxygens (including phenoxy) is 2. The Kier molecular flexibility index (Phi) is 10.7. The van der Waals surface area contributed by atoms with Gasteiger partial charge in [0, 0.05) is 49.4 Å². The molecule has 5 fully saturated rings. The highest BCUT2D eigenvalue weighted by atomic mass is 19.3. The van der Waals surface area contributed by atoms with Crippen molar-refractivity contribution >= 4 is 34.7 Å². The van der Waals surface area contributed by atoms with Gasteiger partial charge in [0.05, 0.1) is 49.2 Å². The summed E-state index contributed by atoms with van der Waals surface area (Å²) in [6.07, 6.45) is 7.47. The number of likely N-dealkylation sites (tertiary alicyclic amines) is 2. The van der Waals surface area contributed by atoms with Crippen LogP contribution in [0.25, 0.3) is 33.3 Å². The number of benzene rings is 4. The average Bonchev–Trinajstić information content (AvgIpc) is 4.03. The van der Waals surface area contributed by atoms with Crippen LogP contribution in [-0.2, 0) is 25.0 Å². The molecule has 1 spiro atoms. The van der Waals surface area contributed by atoms with Crippen molar-refractivity contribution in [2.45, 2.75) is 94.9 Å². The van der Waals surface area contributed by atoms with E-state index in [9.17, 15) is 14.4 Å². The molecule has 356 valence electrons. The monoisotopic (exact) mass is 933 g/mol. The lowest BCUT2D eigenvalue weighted by Gasteiger charge is -2.41. The van der Waals surface area contributed by atoms with Gasteiger partial charge in [0.1, 0.15) is 17.9 Å². The zero-order valence-electron chi connectivity index (χ0n) is 39.2. The van der Waals surface area contributed by atoms with E-state index in [1.807, 2.05) is 85.6 Å². The van der Waals surface area contributed by atoms with E-state index in [1.54, 1.807) is 24.3 Å². The first-order valence-electron chi connectivity index (χ1n) is 24.7. The largest absolute Gasteiger partial charge is 0.453 e. The molecule has 2 saturated carbocycles. The molecule has 4 aliphatic heterocycles. The molecule has 12 nitrogen and oxygen atoms in total. The second-order valence-corrected chi connectivity index (χ2v) is 20.8. The van der Waals surface area contributed by atoms with Gasteiger partial charge in [-0.15, -0.1) is 0 Å². The van der Waals surface area contributed by atoms with Gasteiger partial charge in [-0.3, -0.25) is 19.5 Å². The number of nitrogens with one attached hydrogen (secondary N) is 2. The lowest BCUT2D eigenvalue weighted by Crippen LogP contribution is -2.52. The van der Waals surface area contributed by atoms with E-state index >= 15 is 8.78 Å². The summed E-state index contributed by atoms with van der Waals surface area (Å²) in [5.41, 5.74) is 7.30. The number of aromatic amines is 1. The van der Waals surface area contributed by atoms with Crippen LogP contribution < -0.4 is 5.32 Å². The first-order valence-corrected chi connectivity index (χ1v) is 24.7. The third-order valence-electron chi connectivity index (χ3n) is 16.4. The molecule has 14 heteroatoms. The SMILES string of the molecule is COC(=O)N[C@H](C(=O)N1CC2(CC2)C[C@H]1C1=CN=C(c2ccc3c(c2)C(F)(F)c2cc(-c4ccc5nc([C@@H]6[C@H]7CC[C@H](C7)N6C(=O)[C@@H](c6ccccc6)N6CCOCC6)[nH]c5c4)ccc2-3)C1)C(C)C. The van der Waals surface area contributed by atoms with Gasteiger partial charge in [-0.2, -0.15) is 8.78 Å². The van der Waals surface area contributed by atoms with E-state index in [4.69, 9.17) is 19.5 Å². The minimum absolute atomic E-state index is 0.0378. The summed E-state index contributed by atoms with van der Waals surface area (Å²) in [7, 11) is 1.28. The Morgan fingerprint density at radius 2 is 1.59 bits per heavy atom. The van der Waals surface area contributed by atoms with Crippen molar-refractivity contribution in [2.75, 3.05) is 40.0 Å². The van der Waals surface area contributed by atoms with E-state index < -0.39 is 24.1 Å². The zero-order valence-corrected chi connectivity index (χ0v) is 39.2. The number of aromatic nitrogens is 2. The molecule has 0 unspecified atom stereocenters. The number of hydrogen-bond donors (Lipinski definition) is 2. The number of fused-ring (bicyclic) bond motifs is 6. The summed E-state index contributed by atoms with van der Waals surface area (Å²) >= 11 is 0. The topological polar surface area (TPSA) is 132 Å². The number of carbonyl (C=O) groups is 3. The van der Waals surface area contributed by atoms with Crippen molar-refractivity contribution in [1.82, 2.24) is 30.0 Å². The Labute approximate surface area is 400 Å². The summed E-state index contributed by atoms with van der Waals surface area (Å²) in [4.78, 5) is 60.9. The summed E-state index contributed by atoms with van der Waals surface area (Å²) in [6, 6.07) is 25.1. The lowest BCUT2D eigenvalue weighted by molar-refractivity contribution is -0.144. The van der Waals surface area contributed by atoms with Crippen LogP contribution in [0.15, 0.2) is 102 Å². The number of alkyl halides is 2. The van der Waals surface area contributed by atoms with Gasteiger partial charge in [-0.1, -0.05) is 74.5 Å². The second-order valence-electron chi connectivity index (χ2n) is 20.8. The van der Waals surface area contributed by atoms with Crippen molar-refractivity contribution in [3.8, 4) is 22.3 Å². The standard InChI is InChI=1S/C55H57F2N7O5/c1-31(2)47(61-53(67)68-3)51(65)63-30-54(17-18-54)28-46(63)37-27-44(58-29-37)35-11-15-40-39-14-10-33(24-41(39)55(56,57)42(40)25-35)34-12-16-43-45(26-34)60-50(59-43)48-36-9-13-38(23-36)64(48)52(66)49(32-7-5-4-6-8-32)62-19-21-69-22-20-62/h4-8,10-12,14-16,24-26,29,31,36,38,46-49H,9,13,17-23,27-28,30H2,1-3H3,(H,59,60)(H,61,67)/t36-,38+,46-,47-,48-,49+/m0/s1. The van der Waals surface area contributed by atoms with Crippen molar-refractivity contribution in [1.29, 1.82) is 0 Å². The van der Waals surface area contributed by atoms with Gasteiger partial charge in [0.15, 0.2) is 0 Å². The molecule has 2 N–H and O–H groups in total. The lowest BCUT2D eigenvalue weighted by atomic mass is 9.93. The highest BCUT2D eigenvalue weighted by Gasteiger charge is 2.56. The third-order valence-corrected chi connectivity index (χ3v) is 16.4. The van der Waals surface area contributed by atoms with E-state index in [0.29, 0.717) is 73.2 Å². The molecular weight excluding hydrogens is 877 g/mol. The fraction of sp³-hybridized carbons (Fsp3) is 0.436. The molecule has 69 heavy (non-hydrogen) atoms. The predicted octanol–water partition coefficient (Wildman–Crippen LogP) is 9.31. The van der Waals surface area contributed by atoms with E-state index in [2.05, 4.69) is 20.1 Å². The number of amides is 3. The number of rotatable bonds is 10. The Balaban J connectivity index is 0.778. The van der Waals surface area contributed by atoms with Crippen LogP contribution in [0.2, 0.25) is 0 Å². The highest BCUT2D eigenvalue weighted by Crippen LogP contribution is 2.57. The number of methoxy groups -OCH3 is 1. The predicted molar refractivity (Wildman–Crippen MR) is 257 cm³/mol. The summed E-state index contributed by atoms with van der Waals surface area (Å²) in [5, 5.41) is 2.74. The number of nitrogens with zero attached hydrogens (tertiary/aromatic N) is 5. The van der Waals surface area contributed by atoms with Crippen LogP contribution in [0.1, 0.15) is 99.0 Å². The number of hydrogen-bond acceptors (Lipinski definition) is 8. The average molecular weight is 934 g/mol. The first kappa shape index (κ1) is 44.0. The Bertz CT molecular complexity index is 2960. The first-order chi connectivity index (χ1) is 33.4. The van der Waals surface area contributed by atoms with Gasteiger partial charge in [0.2, 0.25) is 11.8 Å². The number of aliphatic imine (C=N–C) groups is 1. The summed E-state index contributed by atoms with van der Waals surface area (Å²) < 4.78 is 44.1. The van der Waals surface area contributed by atoms with Crippen LogP contribution >= 0.6 is 0 Å². The van der Waals surface area contributed by atoms with Crippen LogP contribution in [0, 0.1) is 17.3 Å². The molecule has 5 aromatic rings. The van der Waals surface area contributed by atoms with E-state index in [1.165, 1.54) is 7.11 Å². The number of H-pyrrole nitrogens is 1. The molecule has 2 bridgehead atoms. The second kappa shape index (κ2) is 16.7. The van der Waals surface area contributed by atoms with E-state index in [0.717, 1.165) is 72.1 Å². The van der Waals surface area contributed by atoms with Gasteiger partial charge in [-0.25, -0.2) is 9.78 Å². The van der Waals surface area contributed by atoms with E-state index in [-0.39, 0.29) is 52.4 Å². The molecule has 12 rings (SSSR count). The van der Waals surface area contributed by atoms with Crippen molar-refractivity contribution in [3.05, 3.63) is 125 Å². The number of carbonyl (C=O) groups excluding carboxylic acids is 3. The van der Waals surface area contributed by atoms with Crippen LogP contribution in [0.5, 0.6) is 0 Å². The maximum Gasteiger partial charge on any atom is 0.407 e. The number of alkyl carbamates (subject to hydrolysis) is 1. The molecule has 4 aromatic carbocycles. The minimum atomic E-state index is -3.25. The molecule has 7 aliphatic rings. The quantitative estimate of drug-likeness (QED) is 0.143. The van der Waals surface area contributed by atoms with Crippen molar-refractivity contribution in [2.24, 2.45) is 22.2 Å². The molecule has 1 aromatic heterocycles. The van der Waals surface area contributed by atoms with Crippen molar-refractivity contribution < 1.29 is 32.6 Å². The molecule has 3 saturated heterocycles. The number of morpholine rings is 1. The molecule has 3 aliphatic carbocycles. The maximum atomic E-state index is 16.8. The fourth-order valence-electron chi connectivity index (χ4n) is 12.6. The van der Waals surface area contributed by atoms with Gasteiger partial charge < -0.3 is 29.6 Å². The van der Waals surface area contributed by atoms with Crippen LogP contribution in [0.4, 0.5) is 13.6 Å². The number of piperidine rings is 1. The Morgan fingerprint density at radius 1 is 0.884 bits per heavy atom. The number of halogens is 2. The minimum Gasteiger partial charge on any atom is -0.453 e. The molecule has 6 atom stereocenters. The summed E-state index contributed by atoms with van der Waals surface area (Å²) in [6.45, 7) is 6.98. The number of imidazole rings is 1. The van der Waals surface area contributed by atoms with Crippen LogP contribution in [-0.4, -0.2) is 106 Å². The Morgan fingerprint density at radius 3 is 2.32 bits per heavy atom. The fourth-order valence-corrected chi connectivity index (χ4v) is 12.6. The molecule has 3 amide bonds. The zero-order chi connectivity index (χ0) is 47.3. The van der Waals surface area contributed by atoms with Crippen LogP contribution in [0.3, 0.4) is 0 Å². The van der Waals surface area contributed by atoms with Gasteiger partial charge in [0.25, 0.3) is 5.92 Å². The maximum absolute atomic E-state index is 16.8. The highest BCUT2D eigenvalue weighted by molar-refractivity contribution is 6.05. The smallest absolute Gasteiger partial charge is 0.407 e. The third kappa shape index (κ3) is 7.47. The van der Waals surface area contributed by atoms with Crippen molar-refractivity contribution in [3.63, 3.8) is 0 Å². The van der Waals surface area contributed by atoms with Gasteiger partial charge in [-0.05, 0) is 119 Å².